The molecule has 1 amide bonds. The molecular weight excluding hydrogens is 352 g/mol. The van der Waals surface area contributed by atoms with E-state index in [0.29, 0.717) is 23.7 Å². The summed E-state index contributed by atoms with van der Waals surface area (Å²) in [6.07, 6.45) is 2.59. The maximum Gasteiger partial charge on any atom is 0.234 e. The first-order valence-corrected chi connectivity index (χ1v) is 9.38. The average molecular weight is 379 g/mol. The molecule has 0 spiro atoms. The molecule has 1 N–H and O–H groups in total. The van der Waals surface area contributed by atoms with Crippen LogP contribution in [0.2, 0.25) is 0 Å². The van der Waals surface area contributed by atoms with E-state index in [1.807, 2.05) is 28.4 Å². The van der Waals surface area contributed by atoms with E-state index in [-0.39, 0.29) is 5.91 Å². The minimum absolute atomic E-state index is 0.107. The Morgan fingerprint density at radius 3 is 2.69 bits per heavy atom. The SMILES string of the molecule is CCCNC(=O)CN1CCN(Cn2nc(-c3ccco3)n(C)c2=S)CC1. The predicted octanol–water partition coefficient (Wildman–Crippen LogP) is 1.31. The standard InChI is InChI=1S/C17H26N6O2S/c1-3-6-18-15(24)12-21-7-9-22(10-8-21)13-23-17(26)20(2)16(19-23)14-5-4-11-25-14/h4-5,11H,3,6-10,12-13H2,1-2H3,(H,18,24). The Bertz CT molecular complexity index is 774. The van der Waals surface area contributed by atoms with Crippen molar-refractivity contribution in [2.75, 3.05) is 39.3 Å². The molecule has 1 aliphatic rings. The first-order valence-electron chi connectivity index (χ1n) is 8.97. The summed E-state index contributed by atoms with van der Waals surface area (Å²) in [6, 6.07) is 3.72. The van der Waals surface area contributed by atoms with Gasteiger partial charge in [0.15, 0.2) is 16.4 Å². The first kappa shape index (κ1) is 18.8. The van der Waals surface area contributed by atoms with E-state index in [0.717, 1.165) is 45.0 Å². The van der Waals surface area contributed by atoms with Crippen LogP contribution in [0.3, 0.4) is 0 Å². The van der Waals surface area contributed by atoms with Crippen molar-refractivity contribution in [1.29, 1.82) is 0 Å². The van der Waals surface area contributed by atoms with E-state index in [9.17, 15) is 4.79 Å². The fourth-order valence-electron chi connectivity index (χ4n) is 3.00. The number of nitrogens with zero attached hydrogens (tertiary/aromatic N) is 5. The number of amides is 1. The highest BCUT2D eigenvalue weighted by atomic mass is 32.1. The zero-order valence-electron chi connectivity index (χ0n) is 15.3. The second kappa shape index (κ2) is 8.61. The van der Waals surface area contributed by atoms with Gasteiger partial charge >= 0.3 is 0 Å². The third-order valence-electron chi connectivity index (χ3n) is 4.52. The van der Waals surface area contributed by atoms with Gasteiger partial charge in [-0.25, -0.2) is 4.68 Å². The fourth-order valence-corrected chi connectivity index (χ4v) is 3.19. The predicted molar refractivity (Wildman–Crippen MR) is 101 cm³/mol. The number of piperazine rings is 1. The van der Waals surface area contributed by atoms with E-state index < -0.39 is 0 Å². The minimum Gasteiger partial charge on any atom is -0.461 e. The molecule has 3 heterocycles. The zero-order chi connectivity index (χ0) is 18.5. The largest absolute Gasteiger partial charge is 0.461 e. The summed E-state index contributed by atoms with van der Waals surface area (Å²) in [5, 5.41) is 7.54. The summed E-state index contributed by atoms with van der Waals surface area (Å²) < 4.78 is 9.79. The normalized spacial score (nSPS) is 16.1. The Morgan fingerprint density at radius 1 is 1.31 bits per heavy atom. The molecule has 0 atom stereocenters. The van der Waals surface area contributed by atoms with Crippen molar-refractivity contribution in [2.45, 2.75) is 20.0 Å². The Morgan fingerprint density at radius 2 is 2.04 bits per heavy atom. The molecule has 1 saturated heterocycles. The van der Waals surface area contributed by atoms with Crippen LogP contribution < -0.4 is 5.32 Å². The fraction of sp³-hybridized carbons (Fsp3) is 0.588. The van der Waals surface area contributed by atoms with E-state index in [1.165, 1.54) is 0 Å². The van der Waals surface area contributed by atoms with Gasteiger partial charge < -0.3 is 14.3 Å². The summed E-state index contributed by atoms with van der Waals surface area (Å²) in [5.41, 5.74) is 0. The smallest absolute Gasteiger partial charge is 0.234 e. The molecule has 0 bridgehead atoms. The molecule has 142 valence electrons. The molecule has 0 radical (unpaired) electrons. The lowest BCUT2D eigenvalue weighted by Crippen LogP contribution is -2.49. The molecular formula is C17H26N6O2S. The monoisotopic (exact) mass is 378 g/mol. The van der Waals surface area contributed by atoms with Crippen LogP contribution in [0.25, 0.3) is 11.6 Å². The van der Waals surface area contributed by atoms with Gasteiger partial charge in [0.05, 0.1) is 19.5 Å². The van der Waals surface area contributed by atoms with Crippen LogP contribution in [0.15, 0.2) is 22.8 Å². The molecule has 0 aromatic carbocycles. The van der Waals surface area contributed by atoms with Crippen molar-refractivity contribution < 1.29 is 9.21 Å². The molecule has 0 aliphatic carbocycles. The average Bonchev–Trinajstić information content (AvgIpc) is 3.26. The second-order valence-corrected chi connectivity index (χ2v) is 6.89. The molecule has 3 rings (SSSR count). The Hall–Kier alpha value is -1.97. The summed E-state index contributed by atoms with van der Waals surface area (Å²) in [4.78, 5) is 16.3. The number of hydrogen-bond acceptors (Lipinski definition) is 6. The molecule has 2 aromatic heterocycles. The molecule has 1 fully saturated rings. The van der Waals surface area contributed by atoms with Gasteiger partial charge in [0, 0.05) is 39.8 Å². The van der Waals surface area contributed by atoms with Gasteiger partial charge in [0.1, 0.15) is 0 Å². The quantitative estimate of drug-likeness (QED) is 0.733. The highest BCUT2D eigenvalue weighted by Crippen LogP contribution is 2.17. The molecule has 9 heteroatoms. The first-order chi connectivity index (χ1) is 12.6. The number of hydrogen-bond donors (Lipinski definition) is 1. The number of furan rings is 1. The van der Waals surface area contributed by atoms with Crippen molar-refractivity contribution in [3.8, 4) is 11.6 Å². The summed E-state index contributed by atoms with van der Waals surface area (Å²) in [6.45, 7) is 7.41. The lowest BCUT2D eigenvalue weighted by molar-refractivity contribution is -0.122. The van der Waals surface area contributed by atoms with Gasteiger partial charge in [0.2, 0.25) is 5.91 Å². The summed E-state index contributed by atoms with van der Waals surface area (Å²) in [5.74, 6) is 1.54. The number of nitrogens with one attached hydrogen (secondary N) is 1. The van der Waals surface area contributed by atoms with E-state index in [1.54, 1.807) is 6.26 Å². The lowest BCUT2D eigenvalue weighted by Gasteiger charge is -2.33. The topological polar surface area (TPSA) is 71.5 Å². The van der Waals surface area contributed by atoms with Crippen molar-refractivity contribution in [3.63, 3.8) is 0 Å². The molecule has 8 nitrogen and oxygen atoms in total. The number of carbonyl (C=O) groups is 1. The Kier molecular flexibility index (Phi) is 6.23. The van der Waals surface area contributed by atoms with Crippen molar-refractivity contribution in [1.82, 2.24) is 29.5 Å². The van der Waals surface area contributed by atoms with Gasteiger partial charge in [-0.3, -0.25) is 14.6 Å². The highest BCUT2D eigenvalue weighted by Gasteiger charge is 2.20. The van der Waals surface area contributed by atoms with Crippen molar-refractivity contribution in [2.24, 2.45) is 7.05 Å². The van der Waals surface area contributed by atoms with Crippen LogP contribution >= 0.6 is 12.2 Å². The third kappa shape index (κ3) is 4.40. The van der Waals surface area contributed by atoms with Gasteiger partial charge in [0.25, 0.3) is 0 Å². The number of aromatic nitrogens is 3. The Balaban J connectivity index is 1.54. The molecule has 1 aliphatic heterocycles. The van der Waals surface area contributed by atoms with Crippen LogP contribution in [0, 0.1) is 4.77 Å². The van der Waals surface area contributed by atoms with Crippen LogP contribution in [0.5, 0.6) is 0 Å². The van der Waals surface area contributed by atoms with E-state index >= 15 is 0 Å². The van der Waals surface area contributed by atoms with Crippen molar-refractivity contribution in [3.05, 3.63) is 23.2 Å². The zero-order valence-corrected chi connectivity index (χ0v) is 16.2. The molecule has 26 heavy (non-hydrogen) atoms. The van der Waals surface area contributed by atoms with Gasteiger partial charge in [-0.15, -0.1) is 5.10 Å². The number of rotatable bonds is 7. The maximum atomic E-state index is 11.8. The van der Waals surface area contributed by atoms with Crippen LogP contribution in [0.1, 0.15) is 13.3 Å². The van der Waals surface area contributed by atoms with Crippen LogP contribution in [-0.2, 0) is 18.5 Å². The molecule has 0 unspecified atom stereocenters. The third-order valence-corrected chi connectivity index (χ3v) is 5.01. The maximum absolute atomic E-state index is 11.8. The lowest BCUT2D eigenvalue weighted by atomic mass is 10.3. The van der Waals surface area contributed by atoms with Gasteiger partial charge in [-0.05, 0) is 30.8 Å². The van der Waals surface area contributed by atoms with E-state index in [4.69, 9.17) is 16.6 Å². The van der Waals surface area contributed by atoms with Gasteiger partial charge in [-0.2, -0.15) is 0 Å². The minimum atomic E-state index is 0.107. The molecule has 0 saturated carbocycles. The van der Waals surface area contributed by atoms with Gasteiger partial charge in [-0.1, -0.05) is 6.92 Å². The van der Waals surface area contributed by atoms with E-state index in [2.05, 4.69) is 27.1 Å². The van der Waals surface area contributed by atoms with Crippen LogP contribution in [0.4, 0.5) is 0 Å². The Labute approximate surface area is 158 Å². The second-order valence-electron chi connectivity index (χ2n) is 6.53. The highest BCUT2D eigenvalue weighted by molar-refractivity contribution is 7.71. The summed E-state index contributed by atoms with van der Waals surface area (Å²) >= 11 is 5.51. The van der Waals surface area contributed by atoms with Crippen molar-refractivity contribution >= 4 is 18.1 Å². The summed E-state index contributed by atoms with van der Waals surface area (Å²) in [7, 11) is 1.90. The number of carbonyl (C=O) groups excluding carboxylic acids is 1. The molecule has 2 aromatic rings. The van der Waals surface area contributed by atoms with Crippen LogP contribution in [-0.4, -0.2) is 69.3 Å².